The molecular weight excluding hydrogens is 246 g/mol. The molecule has 0 N–H and O–H groups in total. The average molecular weight is 260 g/mol. The molecule has 0 aliphatic carbocycles. The van der Waals surface area contributed by atoms with Crippen LogP contribution in [0.5, 0.6) is 0 Å². The van der Waals surface area contributed by atoms with E-state index >= 15 is 0 Å². The number of nitriles is 1. The van der Waals surface area contributed by atoms with Crippen molar-refractivity contribution in [3.63, 3.8) is 0 Å². The Bertz CT molecular complexity index is 581. The molecule has 1 aromatic carbocycles. The first-order valence-electron chi connectivity index (χ1n) is 5.78. The van der Waals surface area contributed by atoms with Gasteiger partial charge in [0.2, 0.25) is 0 Å². The van der Waals surface area contributed by atoms with Gasteiger partial charge in [-0.3, -0.25) is 4.68 Å². The Labute approximate surface area is 112 Å². The summed E-state index contributed by atoms with van der Waals surface area (Å²) in [7, 11) is 0. The van der Waals surface area contributed by atoms with E-state index in [9.17, 15) is 0 Å². The molecule has 1 unspecified atom stereocenters. The molecule has 4 heteroatoms. The van der Waals surface area contributed by atoms with E-state index in [1.54, 1.807) is 0 Å². The third kappa shape index (κ3) is 2.25. The van der Waals surface area contributed by atoms with Gasteiger partial charge in [0.05, 0.1) is 34.9 Å². The molecule has 1 aromatic heterocycles. The molecule has 2 aromatic rings. The van der Waals surface area contributed by atoms with Gasteiger partial charge in [-0.15, -0.1) is 0 Å². The average Bonchev–Trinajstić information content (AvgIpc) is 2.65. The van der Waals surface area contributed by atoms with Crippen molar-refractivity contribution in [2.45, 2.75) is 26.3 Å². The molecule has 1 heterocycles. The number of aromatic nitrogens is 2. The Morgan fingerprint density at radius 3 is 2.50 bits per heavy atom. The largest absolute Gasteiger partial charge is 0.260 e. The van der Waals surface area contributed by atoms with Gasteiger partial charge in [-0.2, -0.15) is 10.4 Å². The van der Waals surface area contributed by atoms with Crippen LogP contribution in [0.15, 0.2) is 30.3 Å². The van der Waals surface area contributed by atoms with Crippen LogP contribution >= 0.6 is 11.6 Å². The zero-order valence-corrected chi connectivity index (χ0v) is 11.1. The minimum atomic E-state index is -0.0811. The van der Waals surface area contributed by atoms with E-state index in [1.807, 2.05) is 48.9 Å². The first kappa shape index (κ1) is 12.7. The molecule has 18 heavy (non-hydrogen) atoms. The van der Waals surface area contributed by atoms with E-state index in [4.69, 9.17) is 16.9 Å². The van der Waals surface area contributed by atoms with Crippen LogP contribution in [-0.2, 0) is 0 Å². The minimum Gasteiger partial charge on any atom is -0.260 e. The maximum Gasteiger partial charge on any atom is 0.0902 e. The summed E-state index contributed by atoms with van der Waals surface area (Å²) < 4.78 is 1.84. The summed E-state index contributed by atoms with van der Waals surface area (Å²) in [6.45, 7) is 3.80. The zero-order valence-electron chi connectivity index (χ0n) is 10.4. The highest BCUT2D eigenvalue weighted by molar-refractivity contribution is 6.31. The second-order valence-corrected chi connectivity index (χ2v) is 4.60. The molecule has 0 saturated carbocycles. The number of hydrogen-bond acceptors (Lipinski definition) is 2. The topological polar surface area (TPSA) is 41.6 Å². The van der Waals surface area contributed by atoms with Gasteiger partial charge in [-0.25, -0.2) is 0 Å². The minimum absolute atomic E-state index is 0.0811. The molecule has 0 fully saturated rings. The lowest BCUT2D eigenvalue weighted by atomic mass is 10.0. The summed E-state index contributed by atoms with van der Waals surface area (Å²) in [6.07, 6.45) is 0.377. The van der Waals surface area contributed by atoms with Gasteiger partial charge >= 0.3 is 0 Å². The lowest BCUT2D eigenvalue weighted by Crippen LogP contribution is -2.13. The molecule has 0 spiro atoms. The van der Waals surface area contributed by atoms with Crippen LogP contribution in [0.1, 0.15) is 29.4 Å². The van der Waals surface area contributed by atoms with Crippen molar-refractivity contribution in [3.8, 4) is 6.07 Å². The number of nitrogens with zero attached hydrogens (tertiary/aromatic N) is 3. The Hall–Kier alpha value is -1.79. The molecule has 3 nitrogen and oxygen atoms in total. The van der Waals surface area contributed by atoms with Crippen molar-refractivity contribution in [2.24, 2.45) is 0 Å². The lowest BCUT2D eigenvalue weighted by molar-refractivity contribution is 0.516. The summed E-state index contributed by atoms with van der Waals surface area (Å²) in [5.41, 5.74) is 2.77. The van der Waals surface area contributed by atoms with Crippen molar-refractivity contribution in [1.82, 2.24) is 9.78 Å². The maximum absolute atomic E-state index is 9.00. The molecule has 0 amide bonds. The van der Waals surface area contributed by atoms with Crippen LogP contribution in [0.2, 0.25) is 5.02 Å². The molecule has 0 bridgehead atoms. The van der Waals surface area contributed by atoms with Crippen LogP contribution in [0.25, 0.3) is 0 Å². The Kier molecular flexibility index (Phi) is 3.69. The van der Waals surface area contributed by atoms with Crippen LogP contribution in [0, 0.1) is 25.2 Å². The van der Waals surface area contributed by atoms with Gasteiger partial charge in [0.1, 0.15) is 0 Å². The van der Waals surface area contributed by atoms with Crippen molar-refractivity contribution < 1.29 is 0 Å². The lowest BCUT2D eigenvalue weighted by Gasteiger charge is -2.16. The third-order valence-electron chi connectivity index (χ3n) is 3.00. The number of halogens is 1. The fraction of sp³-hybridized carbons (Fsp3) is 0.286. The smallest absolute Gasteiger partial charge is 0.0902 e. The molecule has 2 rings (SSSR count). The van der Waals surface area contributed by atoms with E-state index in [-0.39, 0.29) is 6.04 Å². The molecule has 0 aliphatic rings. The van der Waals surface area contributed by atoms with Gasteiger partial charge in [0.25, 0.3) is 0 Å². The summed E-state index contributed by atoms with van der Waals surface area (Å²) >= 11 is 6.16. The van der Waals surface area contributed by atoms with Crippen LogP contribution < -0.4 is 0 Å². The van der Waals surface area contributed by atoms with Crippen LogP contribution in [-0.4, -0.2) is 9.78 Å². The highest BCUT2D eigenvalue weighted by Gasteiger charge is 2.19. The Morgan fingerprint density at radius 2 is 2.00 bits per heavy atom. The molecule has 0 radical (unpaired) electrons. The van der Waals surface area contributed by atoms with Gasteiger partial charge in [-0.05, 0) is 19.4 Å². The highest BCUT2D eigenvalue weighted by atomic mass is 35.5. The van der Waals surface area contributed by atoms with E-state index in [1.165, 1.54) is 0 Å². The monoisotopic (exact) mass is 259 g/mol. The normalized spacial score (nSPS) is 12.1. The Morgan fingerprint density at radius 1 is 1.33 bits per heavy atom. The van der Waals surface area contributed by atoms with Crippen molar-refractivity contribution in [2.75, 3.05) is 0 Å². The molecule has 0 saturated heterocycles. The molecular formula is C14H14ClN3. The fourth-order valence-electron chi connectivity index (χ4n) is 2.05. The number of rotatable bonds is 3. The van der Waals surface area contributed by atoms with Crippen LogP contribution in [0.3, 0.4) is 0 Å². The van der Waals surface area contributed by atoms with Crippen molar-refractivity contribution in [1.29, 1.82) is 5.26 Å². The number of aryl methyl sites for hydroxylation is 1. The van der Waals surface area contributed by atoms with Crippen molar-refractivity contribution >= 4 is 11.6 Å². The molecule has 0 aliphatic heterocycles. The first-order chi connectivity index (χ1) is 8.65. The number of benzene rings is 1. The summed E-state index contributed by atoms with van der Waals surface area (Å²) in [4.78, 5) is 0. The van der Waals surface area contributed by atoms with Gasteiger partial charge in [-0.1, -0.05) is 41.9 Å². The molecule has 92 valence electrons. The van der Waals surface area contributed by atoms with Crippen molar-refractivity contribution in [3.05, 3.63) is 52.3 Å². The highest BCUT2D eigenvalue weighted by Crippen LogP contribution is 2.27. The summed E-state index contributed by atoms with van der Waals surface area (Å²) in [5, 5.41) is 14.1. The van der Waals surface area contributed by atoms with Gasteiger partial charge < -0.3 is 0 Å². The number of hydrogen-bond donors (Lipinski definition) is 0. The van der Waals surface area contributed by atoms with E-state index in [0.717, 1.165) is 17.0 Å². The predicted octanol–water partition coefficient (Wildman–Crippen LogP) is 3.66. The van der Waals surface area contributed by atoms with Crippen LogP contribution in [0.4, 0.5) is 0 Å². The van der Waals surface area contributed by atoms with E-state index < -0.39 is 0 Å². The summed E-state index contributed by atoms with van der Waals surface area (Å²) in [5.74, 6) is 0. The zero-order chi connectivity index (χ0) is 13.1. The van der Waals surface area contributed by atoms with Gasteiger partial charge in [0.15, 0.2) is 0 Å². The SMILES string of the molecule is Cc1nn(C(CC#N)c2ccccc2)c(C)c1Cl. The van der Waals surface area contributed by atoms with E-state index in [0.29, 0.717) is 11.4 Å². The van der Waals surface area contributed by atoms with E-state index in [2.05, 4.69) is 11.2 Å². The fourth-order valence-corrected chi connectivity index (χ4v) is 2.18. The standard InChI is InChI=1S/C14H14ClN3/c1-10-14(15)11(2)18(17-10)13(8-9-16)12-6-4-3-5-7-12/h3-7,13H,8H2,1-2H3. The van der Waals surface area contributed by atoms with Gasteiger partial charge in [0, 0.05) is 0 Å². The Balaban J connectivity index is 2.49. The second kappa shape index (κ2) is 5.24. The first-order valence-corrected chi connectivity index (χ1v) is 6.16. The predicted molar refractivity (Wildman–Crippen MR) is 71.5 cm³/mol. The quantitative estimate of drug-likeness (QED) is 0.844. The third-order valence-corrected chi connectivity index (χ3v) is 3.55. The summed E-state index contributed by atoms with van der Waals surface area (Å²) in [6, 6.07) is 12.0. The maximum atomic E-state index is 9.00. The second-order valence-electron chi connectivity index (χ2n) is 4.22. The molecule has 1 atom stereocenters.